The second kappa shape index (κ2) is 7.21. The zero-order valence-corrected chi connectivity index (χ0v) is 15.8. The Balaban J connectivity index is 2.71. The highest BCUT2D eigenvalue weighted by Crippen LogP contribution is 2.24. The third kappa shape index (κ3) is 7.02. The molecule has 2 nitrogen and oxygen atoms in total. The van der Waals surface area contributed by atoms with Gasteiger partial charge >= 0.3 is 0 Å². The van der Waals surface area contributed by atoms with E-state index in [1.54, 1.807) is 0 Å². The number of allylic oxidation sites excluding steroid dienone is 6. The summed E-state index contributed by atoms with van der Waals surface area (Å²) in [5.41, 5.74) is 3.19. The predicted octanol–water partition coefficient (Wildman–Crippen LogP) is 5.53. The summed E-state index contributed by atoms with van der Waals surface area (Å²) >= 11 is 0. The van der Waals surface area contributed by atoms with Crippen molar-refractivity contribution in [1.29, 1.82) is 0 Å². The molecule has 0 aromatic heterocycles. The highest BCUT2D eigenvalue weighted by atomic mass is 15.1. The van der Waals surface area contributed by atoms with Crippen LogP contribution < -0.4 is 0 Å². The summed E-state index contributed by atoms with van der Waals surface area (Å²) in [7, 11) is 4.27. The lowest BCUT2D eigenvalue weighted by atomic mass is 9.97. The Bertz CT molecular complexity index is 433. The number of hydrogen-bond donors (Lipinski definition) is 0. The van der Waals surface area contributed by atoms with Gasteiger partial charge in [0.2, 0.25) is 0 Å². The van der Waals surface area contributed by atoms with Crippen LogP contribution in [0.25, 0.3) is 0 Å². The number of nitrogens with zero attached hydrogens (tertiary/aromatic N) is 2. The highest BCUT2D eigenvalue weighted by molar-refractivity contribution is 5.24. The summed E-state index contributed by atoms with van der Waals surface area (Å²) < 4.78 is 0. The van der Waals surface area contributed by atoms with Gasteiger partial charge in [-0.15, -0.1) is 0 Å². The molecule has 0 spiro atoms. The molecule has 0 aromatic carbocycles. The fourth-order valence-corrected chi connectivity index (χ4v) is 2.07. The van der Waals surface area contributed by atoms with E-state index < -0.39 is 0 Å². The minimum Gasteiger partial charge on any atom is -0.355 e. The smallest absolute Gasteiger partial charge is 0.0175 e. The monoisotopic (exact) mass is 302 g/mol. The van der Waals surface area contributed by atoms with Crippen LogP contribution in [0.1, 0.15) is 54.4 Å². The minimum atomic E-state index is 0.225. The van der Waals surface area contributed by atoms with Crippen molar-refractivity contribution >= 4 is 0 Å². The van der Waals surface area contributed by atoms with Gasteiger partial charge in [-0.1, -0.05) is 53.7 Å². The van der Waals surface area contributed by atoms with E-state index in [1.807, 2.05) is 0 Å². The fourth-order valence-electron chi connectivity index (χ4n) is 2.07. The molecule has 0 amide bonds. The van der Waals surface area contributed by atoms with Crippen LogP contribution in [0.5, 0.6) is 0 Å². The lowest BCUT2D eigenvalue weighted by molar-refractivity contribution is 0.467. The van der Waals surface area contributed by atoms with Gasteiger partial charge < -0.3 is 9.80 Å². The molecule has 124 valence electrons. The molecule has 0 aliphatic heterocycles. The normalized spacial score (nSPS) is 16.9. The molecular formula is C20H34N2. The first-order chi connectivity index (χ1) is 9.98. The van der Waals surface area contributed by atoms with E-state index in [9.17, 15) is 0 Å². The summed E-state index contributed by atoms with van der Waals surface area (Å²) in [5.74, 6) is 0. The first-order valence-electron chi connectivity index (χ1n) is 8.22. The Morgan fingerprint density at radius 3 is 1.27 bits per heavy atom. The average molecular weight is 303 g/mol. The quantitative estimate of drug-likeness (QED) is 0.673. The van der Waals surface area contributed by atoms with Gasteiger partial charge in [-0.25, -0.2) is 0 Å². The SMILES string of the molecule is CN(/C=C\C(C)(C)C)C1=CC=C(N(C)/C=C\C(C)(C)C)CC1. The Morgan fingerprint density at radius 1 is 0.727 bits per heavy atom. The molecule has 2 heteroatoms. The van der Waals surface area contributed by atoms with E-state index >= 15 is 0 Å². The zero-order chi connectivity index (χ0) is 17.0. The van der Waals surface area contributed by atoms with Gasteiger partial charge in [-0.2, -0.15) is 0 Å². The first-order valence-corrected chi connectivity index (χ1v) is 8.22. The van der Waals surface area contributed by atoms with E-state index in [2.05, 4.69) is 102 Å². The molecule has 1 aliphatic rings. The van der Waals surface area contributed by atoms with E-state index in [4.69, 9.17) is 0 Å². The Hall–Kier alpha value is -1.44. The molecule has 0 fully saturated rings. The summed E-state index contributed by atoms with van der Waals surface area (Å²) in [6.07, 6.45) is 15.5. The second-order valence-corrected chi connectivity index (χ2v) is 8.40. The van der Waals surface area contributed by atoms with Gasteiger partial charge in [-0.05, 0) is 48.2 Å². The zero-order valence-electron chi connectivity index (χ0n) is 15.8. The fraction of sp³-hybridized carbons (Fsp3) is 0.600. The predicted molar refractivity (Wildman–Crippen MR) is 98.1 cm³/mol. The van der Waals surface area contributed by atoms with Crippen LogP contribution >= 0.6 is 0 Å². The third-order valence-corrected chi connectivity index (χ3v) is 3.61. The van der Waals surface area contributed by atoms with Crippen LogP contribution in [0.2, 0.25) is 0 Å². The maximum absolute atomic E-state index is 2.26. The lowest BCUT2D eigenvalue weighted by Crippen LogP contribution is -2.18. The molecule has 0 aromatic rings. The van der Waals surface area contributed by atoms with Gasteiger partial charge in [-0.3, -0.25) is 0 Å². The molecule has 0 N–H and O–H groups in total. The largest absolute Gasteiger partial charge is 0.355 e. The van der Waals surface area contributed by atoms with Crippen molar-refractivity contribution in [2.24, 2.45) is 10.8 Å². The minimum absolute atomic E-state index is 0.225. The molecule has 0 atom stereocenters. The summed E-state index contributed by atoms with van der Waals surface area (Å²) in [5, 5.41) is 0. The average Bonchev–Trinajstić information content (AvgIpc) is 2.40. The van der Waals surface area contributed by atoms with Crippen molar-refractivity contribution in [2.45, 2.75) is 54.4 Å². The molecule has 0 saturated heterocycles. The second-order valence-electron chi connectivity index (χ2n) is 8.40. The summed E-state index contributed by atoms with van der Waals surface area (Å²) in [6.45, 7) is 13.3. The number of rotatable bonds is 4. The molecule has 1 aliphatic carbocycles. The number of hydrogen-bond acceptors (Lipinski definition) is 2. The van der Waals surface area contributed by atoms with Crippen LogP contribution in [0.15, 0.2) is 48.1 Å². The van der Waals surface area contributed by atoms with Gasteiger partial charge in [0.25, 0.3) is 0 Å². The lowest BCUT2D eigenvalue weighted by Gasteiger charge is -2.27. The molecule has 1 rings (SSSR count). The first kappa shape index (κ1) is 18.6. The van der Waals surface area contributed by atoms with Gasteiger partial charge in [0, 0.05) is 25.5 Å². The van der Waals surface area contributed by atoms with Crippen molar-refractivity contribution in [3.63, 3.8) is 0 Å². The Morgan fingerprint density at radius 2 is 1.05 bits per heavy atom. The summed E-state index contributed by atoms with van der Waals surface area (Å²) in [6, 6.07) is 0. The maximum Gasteiger partial charge on any atom is 0.0175 e. The van der Waals surface area contributed by atoms with Crippen molar-refractivity contribution in [1.82, 2.24) is 9.80 Å². The topological polar surface area (TPSA) is 6.48 Å². The molecular weight excluding hydrogens is 268 g/mol. The van der Waals surface area contributed by atoms with Gasteiger partial charge in [0.15, 0.2) is 0 Å². The van der Waals surface area contributed by atoms with Crippen molar-refractivity contribution in [3.05, 3.63) is 48.1 Å². The molecule has 0 unspecified atom stereocenters. The van der Waals surface area contributed by atoms with Crippen LogP contribution in [0, 0.1) is 10.8 Å². The van der Waals surface area contributed by atoms with Crippen LogP contribution in [-0.2, 0) is 0 Å². The van der Waals surface area contributed by atoms with E-state index in [0.29, 0.717) is 0 Å². The molecule has 0 saturated carbocycles. The van der Waals surface area contributed by atoms with E-state index in [0.717, 1.165) is 12.8 Å². The maximum atomic E-state index is 2.26. The van der Waals surface area contributed by atoms with Crippen LogP contribution in [-0.4, -0.2) is 23.9 Å². The van der Waals surface area contributed by atoms with Gasteiger partial charge in [0.05, 0.1) is 0 Å². The molecule has 0 radical (unpaired) electrons. The van der Waals surface area contributed by atoms with Crippen molar-refractivity contribution in [2.75, 3.05) is 14.1 Å². The highest BCUT2D eigenvalue weighted by Gasteiger charge is 2.12. The van der Waals surface area contributed by atoms with Gasteiger partial charge in [0.1, 0.15) is 0 Å². The van der Waals surface area contributed by atoms with E-state index in [-0.39, 0.29) is 10.8 Å². The Labute approximate surface area is 137 Å². The van der Waals surface area contributed by atoms with Crippen molar-refractivity contribution < 1.29 is 0 Å². The Kier molecular flexibility index (Phi) is 6.10. The molecule has 0 heterocycles. The molecule has 0 bridgehead atoms. The van der Waals surface area contributed by atoms with Crippen LogP contribution in [0.3, 0.4) is 0 Å². The van der Waals surface area contributed by atoms with Crippen LogP contribution in [0.4, 0.5) is 0 Å². The third-order valence-electron chi connectivity index (χ3n) is 3.61. The standard InChI is InChI=1S/C20H34N2/c1-19(2,3)13-15-21(7)17-9-11-18(12-10-17)22(8)16-14-20(4,5)6/h9,11,13-16H,10,12H2,1-8H3/b15-13-,16-14-. The van der Waals surface area contributed by atoms with E-state index in [1.165, 1.54) is 11.4 Å². The summed E-state index contributed by atoms with van der Waals surface area (Å²) in [4.78, 5) is 4.48. The molecule has 22 heavy (non-hydrogen) atoms. The van der Waals surface area contributed by atoms with Crippen molar-refractivity contribution in [3.8, 4) is 0 Å².